The van der Waals surface area contributed by atoms with E-state index >= 15 is 0 Å². The Morgan fingerprint density at radius 3 is 2.06 bits per heavy atom. The first-order valence-corrected chi connectivity index (χ1v) is 4.54. The quantitative estimate of drug-likeness (QED) is 0.390. The van der Waals surface area contributed by atoms with Gasteiger partial charge in [-0.1, -0.05) is 0 Å². The average molecular weight is 344 g/mol. The third-order valence-electron chi connectivity index (χ3n) is 1.43. The van der Waals surface area contributed by atoms with Crippen LogP contribution in [0.1, 0.15) is 10.4 Å². The SMILES string of the molecule is O.O.O.O=C(O)c1cc[c]([Sb])cc1N(O)O. The molecule has 0 spiro atoms. The molecule has 0 aliphatic heterocycles. The van der Waals surface area contributed by atoms with Crippen LogP contribution in [0, 0.1) is 0 Å². The second kappa shape index (κ2) is 8.28. The summed E-state index contributed by atoms with van der Waals surface area (Å²) in [5, 5.41) is 25.9. The molecule has 9 N–H and O–H groups in total. The van der Waals surface area contributed by atoms with E-state index in [9.17, 15) is 4.79 Å². The Bertz CT molecular complexity index is 344. The number of carbonyl (C=O) groups is 1. The van der Waals surface area contributed by atoms with Gasteiger partial charge in [0.2, 0.25) is 0 Å². The van der Waals surface area contributed by atoms with Gasteiger partial charge in [0.05, 0.1) is 0 Å². The molecule has 0 aromatic heterocycles. The number of rotatable bonds is 2. The van der Waals surface area contributed by atoms with Crippen LogP contribution in [0.2, 0.25) is 0 Å². The molecule has 0 atom stereocenters. The topological polar surface area (TPSA) is 175 Å². The summed E-state index contributed by atoms with van der Waals surface area (Å²) in [5.74, 6) is -1.20. The number of benzene rings is 1. The first-order valence-electron chi connectivity index (χ1n) is 3.26. The number of hydrogen-bond acceptors (Lipinski definition) is 4. The standard InChI is InChI=1S/C7H6NO4.3H2O.Sb/c9-7(10)5-3-1-2-4-6(5)8(11)12;;;;/h1,3-4,11-12H,(H,9,10);3*1H2;. The molecule has 0 saturated heterocycles. The van der Waals surface area contributed by atoms with Gasteiger partial charge in [0.15, 0.2) is 0 Å². The van der Waals surface area contributed by atoms with E-state index in [1.54, 1.807) is 6.07 Å². The Balaban J connectivity index is -0.000000563. The van der Waals surface area contributed by atoms with Gasteiger partial charge in [0.1, 0.15) is 0 Å². The monoisotopic (exact) mass is 343 g/mol. The summed E-state index contributed by atoms with van der Waals surface area (Å²) in [5.41, 5.74) is -0.282. The Kier molecular flexibility index (Phi) is 10.6. The van der Waals surface area contributed by atoms with Crippen LogP contribution >= 0.6 is 0 Å². The number of nitrogens with zero attached hydrogens (tertiary/aromatic N) is 1. The molecule has 0 aliphatic rings. The van der Waals surface area contributed by atoms with E-state index in [-0.39, 0.29) is 32.9 Å². The van der Waals surface area contributed by atoms with E-state index in [1.165, 1.54) is 35.2 Å². The summed E-state index contributed by atoms with van der Waals surface area (Å²) in [6, 6.07) is 4.31. The molecule has 0 amide bonds. The molecule has 0 saturated carbocycles. The van der Waals surface area contributed by atoms with Crippen molar-refractivity contribution in [3.8, 4) is 0 Å². The fourth-order valence-corrected chi connectivity index (χ4v) is 1.43. The van der Waals surface area contributed by atoms with Crippen LogP contribution in [-0.4, -0.2) is 60.9 Å². The summed E-state index contributed by atoms with van der Waals surface area (Å²) < 4.78 is 0.794. The van der Waals surface area contributed by atoms with Crippen LogP contribution < -0.4 is 8.74 Å². The van der Waals surface area contributed by atoms with Crippen LogP contribution in [0.3, 0.4) is 0 Å². The van der Waals surface area contributed by atoms with E-state index in [0.29, 0.717) is 0 Å². The van der Waals surface area contributed by atoms with Crippen molar-refractivity contribution in [3.63, 3.8) is 0 Å². The molecule has 0 fully saturated rings. The van der Waals surface area contributed by atoms with Gasteiger partial charge >= 0.3 is 87.5 Å². The van der Waals surface area contributed by atoms with Crippen LogP contribution in [-0.2, 0) is 0 Å². The van der Waals surface area contributed by atoms with Gasteiger partial charge in [-0.25, -0.2) is 0 Å². The number of carboxylic acids is 1. The predicted octanol–water partition coefficient (Wildman–Crippen LogP) is -2.71. The van der Waals surface area contributed by atoms with Gasteiger partial charge < -0.3 is 16.4 Å². The van der Waals surface area contributed by atoms with E-state index < -0.39 is 5.97 Å². The van der Waals surface area contributed by atoms with Gasteiger partial charge in [-0.15, -0.1) is 0 Å². The number of carboxylic acid groups (broad SMARTS) is 1. The van der Waals surface area contributed by atoms with Gasteiger partial charge in [-0.05, 0) is 0 Å². The summed E-state index contributed by atoms with van der Waals surface area (Å²) >= 11 is 1.36. The van der Waals surface area contributed by atoms with Crippen molar-refractivity contribution in [1.82, 2.24) is 0 Å². The zero-order valence-corrected chi connectivity index (χ0v) is 10.4. The van der Waals surface area contributed by atoms with Crippen molar-refractivity contribution in [1.29, 1.82) is 0 Å². The van der Waals surface area contributed by atoms with Gasteiger partial charge in [-0.3, -0.25) is 0 Å². The zero-order chi connectivity index (χ0) is 10.0. The molecule has 0 unspecified atom stereocenters. The molecule has 1 aromatic rings. The second-order valence-corrected chi connectivity index (χ2v) is 3.77. The number of hydrogen-bond donors (Lipinski definition) is 3. The predicted molar refractivity (Wildman–Crippen MR) is 55.7 cm³/mol. The van der Waals surface area contributed by atoms with E-state index in [2.05, 4.69) is 0 Å². The van der Waals surface area contributed by atoms with E-state index in [1.807, 2.05) is 0 Å². The minimum atomic E-state index is -1.20. The van der Waals surface area contributed by atoms with Crippen molar-refractivity contribution in [2.45, 2.75) is 0 Å². The fourth-order valence-electron chi connectivity index (χ4n) is 0.866. The molecule has 1 rings (SSSR count). The first kappa shape index (κ1) is 20.5. The molecule has 1 aromatic carbocycles. The molecule has 92 valence electrons. The fraction of sp³-hybridized carbons (Fsp3) is 0. The van der Waals surface area contributed by atoms with Crippen molar-refractivity contribution < 1.29 is 36.7 Å². The Labute approximate surface area is 104 Å². The molecule has 2 radical (unpaired) electrons. The molecular weight excluding hydrogens is 332 g/mol. The minimum absolute atomic E-state index is 0. The van der Waals surface area contributed by atoms with Gasteiger partial charge in [0.25, 0.3) is 0 Å². The summed E-state index contributed by atoms with van der Waals surface area (Å²) in [7, 11) is 0. The Morgan fingerprint density at radius 1 is 1.19 bits per heavy atom. The summed E-state index contributed by atoms with van der Waals surface area (Å²) in [4.78, 5) is 10.6. The molecule has 0 aliphatic carbocycles. The first-order chi connectivity index (χ1) is 6.02. The molecule has 9 heteroatoms. The van der Waals surface area contributed by atoms with Crippen molar-refractivity contribution in [2.75, 3.05) is 5.23 Å². The Morgan fingerprint density at radius 2 is 1.69 bits per heavy atom. The Hall–Kier alpha value is -0.892. The third kappa shape index (κ3) is 4.75. The van der Waals surface area contributed by atoms with Crippen molar-refractivity contribution in [2.24, 2.45) is 0 Å². The summed E-state index contributed by atoms with van der Waals surface area (Å²) in [6.45, 7) is 0. The van der Waals surface area contributed by atoms with Crippen LogP contribution in [0.4, 0.5) is 5.69 Å². The van der Waals surface area contributed by atoms with E-state index in [4.69, 9.17) is 15.5 Å². The normalized spacial score (nSPS) is 7.94. The second-order valence-electron chi connectivity index (χ2n) is 2.30. The van der Waals surface area contributed by atoms with E-state index in [0.717, 1.165) is 3.51 Å². The maximum absolute atomic E-state index is 10.6. The third-order valence-corrected chi connectivity index (χ3v) is 2.22. The van der Waals surface area contributed by atoms with Crippen molar-refractivity contribution >= 4 is 38.2 Å². The van der Waals surface area contributed by atoms with Crippen LogP contribution in [0.15, 0.2) is 18.2 Å². The number of anilines is 1. The van der Waals surface area contributed by atoms with Crippen LogP contribution in [0.25, 0.3) is 0 Å². The summed E-state index contributed by atoms with van der Waals surface area (Å²) in [6.07, 6.45) is 0. The van der Waals surface area contributed by atoms with Gasteiger partial charge in [-0.2, -0.15) is 0 Å². The average Bonchev–Trinajstić information content (AvgIpc) is 2.03. The molecular formula is C7H12NO7Sb. The molecule has 0 heterocycles. The zero-order valence-electron chi connectivity index (χ0n) is 7.88. The van der Waals surface area contributed by atoms with Gasteiger partial charge in [0, 0.05) is 0 Å². The molecule has 8 nitrogen and oxygen atoms in total. The maximum atomic E-state index is 10.6. The molecule has 16 heavy (non-hydrogen) atoms. The van der Waals surface area contributed by atoms with Crippen molar-refractivity contribution in [3.05, 3.63) is 23.8 Å². The molecule has 0 bridgehead atoms. The van der Waals surface area contributed by atoms with Crippen LogP contribution in [0.5, 0.6) is 0 Å². The number of aromatic carboxylic acids is 1.